The lowest BCUT2D eigenvalue weighted by atomic mass is 10.2. The summed E-state index contributed by atoms with van der Waals surface area (Å²) in [4.78, 5) is 71.2. The van der Waals surface area contributed by atoms with Crippen molar-refractivity contribution in [3.63, 3.8) is 0 Å². The van der Waals surface area contributed by atoms with Gasteiger partial charge in [0.1, 0.15) is 47.0 Å². The predicted molar refractivity (Wildman–Crippen MR) is 281 cm³/mol. The number of anilines is 2. The molecule has 27 heteroatoms. The third-order valence-corrected chi connectivity index (χ3v) is 9.33. The number of aliphatic hydroxyl groups is 1. The largest absolute Gasteiger partial charge is 0.480 e. The van der Waals surface area contributed by atoms with Gasteiger partial charge < -0.3 is 44.7 Å². The molecule has 0 saturated heterocycles. The van der Waals surface area contributed by atoms with Gasteiger partial charge in [-0.05, 0) is 36.4 Å². The molecule has 78 heavy (non-hydrogen) atoms. The molecule has 0 aliphatic rings. The van der Waals surface area contributed by atoms with Gasteiger partial charge in [-0.25, -0.2) is 51.4 Å². The maximum absolute atomic E-state index is 10.4. The highest BCUT2D eigenvalue weighted by atomic mass is 35.5. The van der Waals surface area contributed by atoms with Gasteiger partial charge >= 0.3 is 0 Å². The van der Waals surface area contributed by atoms with Crippen molar-refractivity contribution in [2.24, 2.45) is 0 Å². The van der Waals surface area contributed by atoms with Crippen molar-refractivity contribution in [2.45, 2.75) is 19.8 Å². The van der Waals surface area contributed by atoms with Gasteiger partial charge in [-0.15, -0.1) is 0 Å². The van der Waals surface area contributed by atoms with Crippen LogP contribution in [-0.4, -0.2) is 117 Å². The molecule has 0 amide bonds. The number of pyridine rings is 4. The second kappa shape index (κ2) is 33.0. The highest BCUT2D eigenvalue weighted by Crippen LogP contribution is 2.29. The number of carbonyl (C=O) groups excluding carboxylic acids is 2. The van der Waals surface area contributed by atoms with E-state index in [4.69, 9.17) is 63.2 Å². The number of methoxy groups -OCH3 is 3. The van der Waals surface area contributed by atoms with E-state index in [9.17, 15) is 9.59 Å². The van der Waals surface area contributed by atoms with E-state index >= 15 is 0 Å². The Morgan fingerprint density at radius 2 is 1.23 bits per heavy atom. The fraction of sp³-hybridized carbons (Fsp3) is 0.157. The molecule has 0 aliphatic heterocycles. The van der Waals surface area contributed by atoms with Crippen molar-refractivity contribution in [2.75, 3.05) is 46.5 Å². The number of nitrogens with one attached hydrogen (secondary N) is 1. The summed E-state index contributed by atoms with van der Waals surface area (Å²) in [5.74, 6) is 3.45. The van der Waals surface area contributed by atoms with E-state index in [-0.39, 0.29) is 19.8 Å². The Hall–Kier alpha value is -10.9. The molecule has 396 valence electrons. The maximum Gasteiger partial charge on any atom is 0.231 e. The van der Waals surface area contributed by atoms with E-state index in [1.807, 2.05) is 29.8 Å². The molecule has 0 aromatic carbocycles. The lowest BCUT2D eigenvalue weighted by molar-refractivity contribution is 0.111. The molecule has 0 radical (unpaired) electrons. The topological polar surface area (TPSA) is 350 Å². The maximum atomic E-state index is 10.4. The summed E-state index contributed by atoms with van der Waals surface area (Å²) >= 11 is 5.38. The van der Waals surface area contributed by atoms with Gasteiger partial charge in [-0.3, -0.25) is 28.9 Å². The molecule has 4 N–H and O–H groups in total. The molecule has 0 saturated carbocycles. The van der Waals surface area contributed by atoms with Crippen molar-refractivity contribution < 1.29 is 38.4 Å². The second-order valence-corrected chi connectivity index (χ2v) is 14.7. The molecule has 0 unspecified atom stereocenters. The van der Waals surface area contributed by atoms with Crippen LogP contribution in [0.4, 0.5) is 11.6 Å². The van der Waals surface area contributed by atoms with E-state index < -0.39 is 0 Å². The number of aromatic nitrogens is 13. The number of aliphatic hydroxyl groups excluding tert-OH is 1. The molecule has 0 atom stereocenters. The summed E-state index contributed by atoms with van der Waals surface area (Å²) < 4.78 is 27.6. The van der Waals surface area contributed by atoms with E-state index in [0.29, 0.717) is 91.8 Å². The number of hydrogen-bond donors (Lipinski definition) is 3. The zero-order valence-electron chi connectivity index (χ0n) is 42.2. The summed E-state index contributed by atoms with van der Waals surface area (Å²) in [5.41, 5.74) is 11.3. The van der Waals surface area contributed by atoms with Crippen LogP contribution in [0.15, 0.2) is 123 Å². The summed E-state index contributed by atoms with van der Waals surface area (Å²) in [6.07, 6.45) is 19.6. The van der Waals surface area contributed by atoms with Gasteiger partial charge in [-0.2, -0.15) is 10.5 Å². The van der Waals surface area contributed by atoms with Crippen molar-refractivity contribution in [3.8, 4) is 52.8 Å². The van der Waals surface area contributed by atoms with Gasteiger partial charge in [0.05, 0.1) is 118 Å². The minimum atomic E-state index is -0.0863. The fourth-order valence-corrected chi connectivity index (χ4v) is 5.58. The Morgan fingerprint density at radius 1 is 0.679 bits per heavy atom. The van der Waals surface area contributed by atoms with Crippen LogP contribution in [0.1, 0.15) is 49.1 Å². The lowest BCUT2D eigenvalue weighted by Crippen LogP contribution is -2.01. The highest BCUT2D eigenvalue weighted by Gasteiger charge is 2.14. The molecule has 0 bridgehead atoms. The first-order valence-electron chi connectivity index (χ1n) is 22.2. The first-order valence-corrected chi connectivity index (χ1v) is 22.5. The van der Waals surface area contributed by atoms with Crippen molar-refractivity contribution in [1.82, 2.24) is 64.2 Å². The van der Waals surface area contributed by atoms with E-state index in [1.165, 1.54) is 84.0 Å². The molecule has 9 heterocycles. The van der Waals surface area contributed by atoms with Crippen molar-refractivity contribution in [1.29, 1.82) is 10.5 Å². The Balaban J connectivity index is 0.000000228. The van der Waals surface area contributed by atoms with E-state index in [1.54, 1.807) is 55.0 Å². The van der Waals surface area contributed by atoms with Crippen LogP contribution in [-0.2, 0) is 19.8 Å². The third-order valence-electron chi connectivity index (χ3n) is 9.14. The number of hydrogen-bond acceptors (Lipinski definition) is 24. The number of ether oxygens (including phenoxy) is 5. The Labute approximate surface area is 451 Å². The monoisotopic (exact) mass is 1070 g/mol. The van der Waals surface area contributed by atoms with E-state index in [0.717, 1.165) is 23.4 Å². The standard InChI is InChI=1S/C20H17N7O2.C12H11N3O3.C6H5N3.C6H8N2O2.C5H3ClN2O.C2H3N/c1-22-20-19(26-16-7-13(8-21)5-6-27(16)20)14-3-4-17(24-9-14)29-12-15-10-25-18(28-2)11-23-15;1-17-12-6-13-10(5-15-12)8-18-11-3-2-9(7-16)4-14-11;7-4-5-1-2-9-6(8)3-5;1-10-6-3-7-5(4-9)2-8-6;6-5-2-7-4(3-9)1-8-5;1-3-2/h3-7,9-11,22H,12H2,1-2H3;2-7H,8H2,1H3;1-3H,(H2,8,9);2-3,9H,4H2,1H3;1-3H;1H3. The molecule has 9 aromatic rings. The quantitative estimate of drug-likeness (QED) is 0.0836. The summed E-state index contributed by atoms with van der Waals surface area (Å²) in [7, 11) is 7.82. The molecule has 26 nitrogen and oxygen atoms in total. The molecular formula is C51H47ClN18O8. The number of carbonyl (C=O) groups is 2. The molecular weight excluding hydrogens is 1030 g/mol. The minimum Gasteiger partial charge on any atom is -0.480 e. The van der Waals surface area contributed by atoms with Gasteiger partial charge in [-0.1, -0.05) is 11.6 Å². The van der Waals surface area contributed by atoms with Crippen LogP contribution in [0, 0.1) is 29.2 Å². The fourth-order valence-electron chi connectivity index (χ4n) is 5.48. The number of nitrogens with zero attached hydrogens (tertiary/aromatic N) is 16. The number of nitrogen functional groups attached to an aromatic ring is 1. The SMILES string of the molecule is CNc1c(-c2ccc(OCc3cnc(OC)cn3)nc2)nc2cc(C#N)ccn12.COc1cnc(CO)cn1.COc1cnc(COc2ccc(C=O)cn2)cn1.N#Cc1ccnc(N)c1.O=Cc1cnc(Cl)cn1.[C-]#[N+]C. The van der Waals surface area contributed by atoms with Crippen LogP contribution in [0.5, 0.6) is 29.4 Å². The van der Waals surface area contributed by atoms with Crippen molar-refractivity contribution in [3.05, 3.63) is 179 Å². The highest BCUT2D eigenvalue weighted by molar-refractivity contribution is 6.29. The molecule has 0 fully saturated rings. The van der Waals surface area contributed by atoms with Gasteiger partial charge in [0, 0.05) is 55.1 Å². The van der Waals surface area contributed by atoms with Gasteiger partial charge in [0.25, 0.3) is 0 Å². The predicted octanol–water partition coefficient (Wildman–Crippen LogP) is 5.95. The summed E-state index contributed by atoms with van der Waals surface area (Å²) in [6.45, 7) is 6.25. The zero-order valence-corrected chi connectivity index (χ0v) is 43.0. The first kappa shape index (κ1) is 59.7. The van der Waals surface area contributed by atoms with Gasteiger partial charge in [0.15, 0.2) is 12.6 Å². The van der Waals surface area contributed by atoms with Crippen LogP contribution >= 0.6 is 11.6 Å². The number of rotatable bonds is 14. The van der Waals surface area contributed by atoms with Crippen molar-refractivity contribution >= 4 is 41.5 Å². The average Bonchev–Trinajstić information content (AvgIpc) is 3.90. The number of nitriles is 2. The Bertz CT molecular complexity index is 3350. The number of fused-ring (bicyclic) bond motifs is 1. The summed E-state index contributed by atoms with van der Waals surface area (Å²) in [6, 6.07) is 17.6. The summed E-state index contributed by atoms with van der Waals surface area (Å²) in [5, 5.41) is 29.4. The van der Waals surface area contributed by atoms with Crippen LogP contribution in [0.25, 0.3) is 21.7 Å². The number of nitrogens with two attached hydrogens (primary N) is 1. The van der Waals surface area contributed by atoms with Crippen LogP contribution in [0.3, 0.4) is 0 Å². The smallest absolute Gasteiger partial charge is 0.231 e. The Kier molecular flexibility index (Phi) is 25.3. The average molecular weight is 1080 g/mol. The minimum absolute atomic E-state index is 0.0863. The molecule has 9 aromatic heterocycles. The molecule has 0 spiro atoms. The lowest BCUT2D eigenvalue weighted by Gasteiger charge is -2.07. The number of imidazole rings is 1. The normalized spacial score (nSPS) is 9.49. The van der Waals surface area contributed by atoms with Crippen LogP contribution < -0.4 is 34.7 Å². The van der Waals surface area contributed by atoms with Gasteiger partial charge in [0.2, 0.25) is 36.4 Å². The number of halogens is 1. The molecule has 0 aliphatic carbocycles. The Morgan fingerprint density at radius 3 is 1.64 bits per heavy atom. The van der Waals surface area contributed by atoms with Crippen LogP contribution in [0.2, 0.25) is 5.15 Å². The second-order valence-electron chi connectivity index (χ2n) is 14.3. The van der Waals surface area contributed by atoms with E-state index in [2.05, 4.69) is 76.0 Å². The molecule has 9 rings (SSSR count). The first-order chi connectivity index (χ1) is 38.0. The zero-order chi connectivity index (χ0) is 56.5. The number of aldehydes is 2. The third kappa shape index (κ3) is 19.9.